The highest BCUT2D eigenvalue weighted by Crippen LogP contribution is 2.26. The Bertz CT molecular complexity index is 482. The summed E-state index contributed by atoms with van der Waals surface area (Å²) >= 11 is 1.61. The molecule has 17 heavy (non-hydrogen) atoms. The van der Waals surface area contributed by atoms with E-state index in [0.717, 1.165) is 21.9 Å². The highest BCUT2D eigenvalue weighted by atomic mass is 32.1. The van der Waals surface area contributed by atoms with Gasteiger partial charge in [0.1, 0.15) is 18.1 Å². The lowest BCUT2D eigenvalue weighted by atomic mass is 10.2. The number of rotatable bonds is 5. The van der Waals surface area contributed by atoms with Crippen LogP contribution in [0, 0.1) is 0 Å². The lowest BCUT2D eigenvalue weighted by Gasteiger charge is -2.10. The molecule has 2 rings (SSSR count). The number of hydrogen-bond donors (Lipinski definition) is 1. The van der Waals surface area contributed by atoms with Crippen LogP contribution in [0.2, 0.25) is 0 Å². The lowest BCUT2D eigenvalue weighted by molar-refractivity contribution is 0.295. The molecule has 0 bridgehead atoms. The molecule has 1 aromatic carbocycles. The van der Waals surface area contributed by atoms with Crippen molar-refractivity contribution in [3.05, 3.63) is 46.2 Å². The number of methoxy groups -OCH3 is 1. The van der Waals surface area contributed by atoms with Gasteiger partial charge in [-0.1, -0.05) is 18.2 Å². The molecule has 4 heteroatoms. The summed E-state index contributed by atoms with van der Waals surface area (Å²) in [5.74, 6) is 1.71. The summed E-state index contributed by atoms with van der Waals surface area (Å²) in [5, 5.41) is 1.99. The van der Waals surface area contributed by atoms with E-state index in [1.165, 1.54) is 0 Å². The minimum Gasteiger partial charge on any atom is -0.496 e. The minimum atomic E-state index is 0.494. The van der Waals surface area contributed by atoms with Gasteiger partial charge in [0, 0.05) is 12.1 Å². The second-order valence-corrected chi connectivity index (χ2v) is 4.51. The Hall–Kier alpha value is -1.52. The Morgan fingerprint density at radius 3 is 2.76 bits per heavy atom. The maximum absolute atomic E-state index is 5.75. The maximum atomic E-state index is 5.75. The molecule has 3 nitrogen and oxygen atoms in total. The Balaban J connectivity index is 2.07. The van der Waals surface area contributed by atoms with E-state index in [2.05, 4.69) is 0 Å². The van der Waals surface area contributed by atoms with Crippen LogP contribution in [0.5, 0.6) is 11.5 Å². The number of nitrogens with two attached hydrogens (primary N) is 1. The summed E-state index contributed by atoms with van der Waals surface area (Å²) < 4.78 is 11.0. The van der Waals surface area contributed by atoms with Gasteiger partial charge in [-0.3, -0.25) is 0 Å². The molecular weight excluding hydrogens is 234 g/mol. The van der Waals surface area contributed by atoms with Crippen LogP contribution in [0.15, 0.2) is 35.7 Å². The van der Waals surface area contributed by atoms with E-state index in [1.807, 2.05) is 35.7 Å². The van der Waals surface area contributed by atoms with Crippen LogP contribution in [0.1, 0.15) is 10.4 Å². The molecule has 0 unspecified atom stereocenters. The van der Waals surface area contributed by atoms with Crippen molar-refractivity contribution in [3.8, 4) is 11.5 Å². The normalized spacial score (nSPS) is 10.2. The molecule has 0 amide bonds. The van der Waals surface area contributed by atoms with E-state index >= 15 is 0 Å². The topological polar surface area (TPSA) is 44.5 Å². The first kappa shape index (κ1) is 12.0. The van der Waals surface area contributed by atoms with Crippen molar-refractivity contribution in [2.45, 2.75) is 13.2 Å². The van der Waals surface area contributed by atoms with Crippen LogP contribution < -0.4 is 15.2 Å². The molecule has 90 valence electrons. The van der Waals surface area contributed by atoms with Gasteiger partial charge in [-0.05, 0) is 17.5 Å². The van der Waals surface area contributed by atoms with Crippen LogP contribution in [0.25, 0.3) is 0 Å². The number of thiophene rings is 1. The Morgan fingerprint density at radius 1 is 1.18 bits per heavy atom. The quantitative estimate of drug-likeness (QED) is 0.886. The van der Waals surface area contributed by atoms with Gasteiger partial charge < -0.3 is 15.2 Å². The molecule has 0 atom stereocenters. The third-order valence-corrected chi connectivity index (χ3v) is 3.39. The second kappa shape index (κ2) is 5.70. The third-order valence-electron chi connectivity index (χ3n) is 2.47. The van der Waals surface area contributed by atoms with Gasteiger partial charge in [-0.25, -0.2) is 0 Å². The van der Waals surface area contributed by atoms with Crippen LogP contribution in [0.4, 0.5) is 0 Å². The summed E-state index contributed by atoms with van der Waals surface area (Å²) in [6, 6.07) is 9.78. The van der Waals surface area contributed by atoms with Crippen molar-refractivity contribution in [1.29, 1.82) is 0 Å². The fourth-order valence-corrected chi connectivity index (χ4v) is 2.28. The van der Waals surface area contributed by atoms with Gasteiger partial charge in [-0.15, -0.1) is 11.3 Å². The monoisotopic (exact) mass is 249 g/mol. The van der Waals surface area contributed by atoms with Crippen LogP contribution in [-0.2, 0) is 13.2 Å². The molecular formula is C13H15NO2S. The standard InChI is InChI=1S/C13H15NO2S/c1-15-11-5-3-2-4-10(11)9-16-12-6-7-17-13(12)8-14/h2-7H,8-9,14H2,1H3. The van der Waals surface area contributed by atoms with Crippen molar-refractivity contribution in [1.82, 2.24) is 0 Å². The van der Waals surface area contributed by atoms with Crippen LogP contribution in [-0.4, -0.2) is 7.11 Å². The fraction of sp³-hybridized carbons (Fsp3) is 0.231. The highest BCUT2D eigenvalue weighted by molar-refractivity contribution is 7.10. The summed E-state index contributed by atoms with van der Waals surface area (Å²) in [6.07, 6.45) is 0. The molecule has 0 fully saturated rings. The maximum Gasteiger partial charge on any atom is 0.134 e. The Kier molecular flexibility index (Phi) is 4.01. The summed E-state index contributed by atoms with van der Waals surface area (Å²) in [4.78, 5) is 1.07. The second-order valence-electron chi connectivity index (χ2n) is 3.51. The summed E-state index contributed by atoms with van der Waals surface area (Å²) in [5.41, 5.74) is 6.66. The van der Waals surface area contributed by atoms with Crippen molar-refractivity contribution in [3.63, 3.8) is 0 Å². The molecule has 1 aromatic heterocycles. The molecule has 2 aromatic rings. The molecule has 0 spiro atoms. The smallest absolute Gasteiger partial charge is 0.134 e. The van der Waals surface area contributed by atoms with E-state index in [4.69, 9.17) is 15.2 Å². The highest BCUT2D eigenvalue weighted by Gasteiger charge is 2.06. The van der Waals surface area contributed by atoms with E-state index < -0.39 is 0 Å². The molecule has 0 aliphatic rings. The first-order valence-corrected chi connectivity index (χ1v) is 6.24. The molecule has 0 aliphatic heterocycles. The first-order chi connectivity index (χ1) is 8.35. The van der Waals surface area contributed by atoms with Crippen molar-refractivity contribution in [2.24, 2.45) is 5.73 Å². The molecule has 1 heterocycles. The van der Waals surface area contributed by atoms with Gasteiger partial charge in [0.25, 0.3) is 0 Å². The first-order valence-electron chi connectivity index (χ1n) is 5.36. The predicted molar refractivity (Wildman–Crippen MR) is 69.5 cm³/mol. The molecule has 0 radical (unpaired) electrons. The number of ether oxygens (including phenoxy) is 2. The van der Waals surface area contributed by atoms with Crippen molar-refractivity contribution < 1.29 is 9.47 Å². The summed E-state index contributed by atoms with van der Waals surface area (Å²) in [6.45, 7) is 1.01. The zero-order valence-electron chi connectivity index (χ0n) is 9.68. The van der Waals surface area contributed by atoms with Crippen LogP contribution in [0.3, 0.4) is 0 Å². The van der Waals surface area contributed by atoms with Crippen molar-refractivity contribution >= 4 is 11.3 Å². The molecule has 2 N–H and O–H groups in total. The van der Waals surface area contributed by atoms with E-state index in [1.54, 1.807) is 18.4 Å². The largest absolute Gasteiger partial charge is 0.496 e. The fourth-order valence-electron chi connectivity index (χ4n) is 1.58. The zero-order chi connectivity index (χ0) is 12.1. The molecule has 0 aliphatic carbocycles. The molecule has 0 saturated heterocycles. The Morgan fingerprint density at radius 2 is 2.00 bits per heavy atom. The average molecular weight is 249 g/mol. The van der Waals surface area contributed by atoms with Gasteiger partial charge in [-0.2, -0.15) is 0 Å². The van der Waals surface area contributed by atoms with E-state index in [0.29, 0.717) is 13.2 Å². The van der Waals surface area contributed by atoms with Crippen molar-refractivity contribution in [2.75, 3.05) is 7.11 Å². The van der Waals surface area contributed by atoms with Gasteiger partial charge in [0.15, 0.2) is 0 Å². The Labute approximate surface area is 105 Å². The summed E-state index contributed by atoms with van der Waals surface area (Å²) in [7, 11) is 1.66. The minimum absolute atomic E-state index is 0.494. The number of para-hydroxylation sites is 1. The van der Waals surface area contributed by atoms with E-state index in [-0.39, 0.29) is 0 Å². The zero-order valence-corrected chi connectivity index (χ0v) is 10.5. The predicted octanol–water partition coefficient (Wildman–Crippen LogP) is 2.79. The SMILES string of the molecule is COc1ccccc1COc1ccsc1CN. The number of benzene rings is 1. The van der Waals surface area contributed by atoms with Crippen LogP contribution >= 0.6 is 11.3 Å². The van der Waals surface area contributed by atoms with Gasteiger partial charge >= 0.3 is 0 Å². The van der Waals surface area contributed by atoms with Gasteiger partial charge in [0.2, 0.25) is 0 Å². The van der Waals surface area contributed by atoms with Gasteiger partial charge in [0.05, 0.1) is 12.0 Å². The average Bonchev–Trinajstić information content (AvgIpc) is 2.84. The third kappa shape index (κ3) is 2.78. The van der Waals surface area contributed by atoms with E-state index in [9.17, 15) is 0 Å². The number of hydrogen-bond acceptors (Lipinski definition) is 4. The lowest BCUT2D eigenvalue weighted by Crippen LogP contribution is -2.01. The molecule has 0 saturated carbocycles.